The van der Waals surface area contributed by atoms with Gasteiger partial charge in [-0.3, -0.25) is 4.79 Å². The Morgan fingerprint density at radius 1 is 1.40 bits per heavy atom. The molecule has 0 bridgehead atoms. The third-order valence-electron chi connectivity index (χ3n) is 4.02. The molecule has 2 aromatic heterocycles. The molecule has 0 fully saturated rings. The summed E-state index contributed by atoms with van der Waals surface area (Å²) in [6.45, 7) is 8.57. The van der Waals surface area contributed by atoms with Crippen LogP contribution in [0.5, 0.6) is 0 Å². The number of aryl methyl sites for hydroxylation is 1. The first-order valence-corrected chi connectivity index (χ1v) is 7.84. The van der Waals surface area contributed by atoms with Crippen molar-refractivity contribution in [3.05, 3.63) is 39.6 Å². The van der Waals surface area contributed by atoms with Gasteiger partial charge in [0.1, 0.15) is 5.01 Å². The molecule has 4 heteroatoms. The summed E-state index contributed by atoms with van der Waals surface area (Å²) in [6, 6.07) is 2.17. The molecule has 0 saturated heterocycles. The average Bonchev–Trinajstić information content (AvgIpc) is 2.93. The van der Waals surface area contributed by atoms with Gasteiger partial charge in [0.15, 0.2) is 5.78 Å². The first-order chi connectivity index (χ1) is 9.37. The van der Waals surface area contributed by atoms with E-state index < -0.39 is 0 Å². The molecule has 0 radical (unpaired) electrons. The zero-order valence-electron chi connectivity index (χ0n) is 12.4. The van der Waals surface area contributed by atoms with Crippen LogP contribution in [0.3, 0.4) is 0 Å². The molecule has 1 aliphatic carbocycles. The number of carbonyl (C=O) groups excluding carboxylic acids is 1. The lowest BCUT2D eigenvalue weighted by Gasteiger charge is -2.30. The van der Waals surface area contributed by atoms with Gasteiger partial charge in [0.05, 0.1) is 6.04 Å². The molecular formula is C16H20N2OS. The molecule has 0 aliphatic heterocycles. The Hall–Kier alpha value is -1.42. The van der Waals surface area contributed by atoms with Crippen LogP contribution in [-0.2, 0) is 6.42 Å². The molecule has 3 nitrogen and oxygen atoms in total. The predicted molar refractivity (Wildman–Crippen MR) is 81.5 cm³/mol. The minimum atomic E-state index is 0.0543. The number of fused-ring (bicyclic) bond motifs is 1. The van der Waals surface area contributed by atoms with E-state index in [-0.39, 0.29) is 17.2 Å². The van der Waals surface area contributed by atoms with Crippen molar-refractivity contribution in [3.63, 3.8) is 0 Å². The highest BCUT2D eigenvalue weighted by molar-refractivity contribution is 7.11. The number of thiazole rings is 1. The number of nitrogens with zero attached hydrogens (tertiary/aromatic N) is 2. The van der Waals surface area contributed by atoms with Crippen molar-refractivity contribution in [3.8, 4) is 0 Å². The van der Waals surface area contributed by atoms with Gasteiger partial charge in [-0.15, -0.1) is 11.3 Å². The molecule has 106 valence electrons. The minimum absolute atomic E-state index is 0.0543. The van der Waals surface area contributed by atoms with Crippen molar-refractivity contribution in [1.29, 1.82) is 0 Å². The molecule has 3 rings (SSSR count). The fourth-order valence-corrected chi connectivity index (χ4v) is 3.84. The van der Waals surface area contributed by atoms with E-state index in [1.54, 1.807) is 11.3 Å². The van der Waals surface area contributed by atoms with Crippen molar-refractivity contribution >= 4 is 17.1 Å². The lowest BCUT2D eigenvalue weighted by Crippen LogP contribution is -2.28. The highest BCUT2D eigenvalue weighted by Gasteiger charge is 2.34. The van der Waals surface area contributed by atoms with Crippen LogP contribution in [0.4, 0.5) is 0 Å². The van der Waals surface area contributed by atoms with Crippen molar-refractivity contribution in [2.45, 2.75) is 46.6 Å². The van der Waals surface area contributed by atoms with Gasteiger partial charge in [0.25, 0.3) is 0 Å². The van der Waals surface area contributed by atoms with Gasteiger partial charge in [-0.05, 0) is 31.7 Å². The van der Waals surface area contributed by atoms with Crippen LogP contribution in [0, 0.1) is 12.3 Å². The number of ketones is 1. The Morgan fingerprint density at radius 2 is 2.15 bits per heavy atom. The quantitative estimate of drug-likeness (QED) is 0.836. The number of rotatable bonds is 2. The van der Waals surface area contributed by atoms with E-state index in [2.05, 4.69) is 37.2 Å². The highest BCUT2D eigenvalue weighted by atomic mass is 32.1. The molecule has 0 spiro atoms. The minimum Gasteiger partial charge on any atom is -0.341 e. The smallest absolute Gasteiger partial charge is 0.165 e. The standard InChI is InChI=1S/C16H20N2OS/c1-10-9-17-15(20-10)11(2)18-6-5-12-13(18)7-16(3,4)8-14(12)19/h5-6,9,11H,7-8H2,1-4H3. The zero-order valence-corrected chi connectivity index (χ0v) is 13.3. The van der Waals surface area contributed by atoms with Gasteiger partial charge in [0.2, 0.25) is 0 Å². The number of aromatic nitrogens is 2. The summed E-state index contributed by atoms with van der Waals surface area (Å²) in [5.41, 5.74) is 2.13. The van der Waals surface area contributed by atoms with Crippen molar-refractivity contribution in [1.82, 2.24) is 9.55 Å². The molecule has 0 N–H and O–H groups in total. The molecular weight excluding hydrogens is 268 g/mol. The molecule has 1 unspecified atom stereocenters. The summed E-state index contributed by atoms with van der Waals surface area (Å²) in [6.07, 6.45) is 5.57. The first-order valence-electron chi connectivity index (χ1n) is 7.03. The van der Waals surface area contributed by atoms with Crippen molar-refractivity contribution in [2.75, 3.05) is 0 Å². The van der Waals surface area contributed by atoms with E-state index in [0.717, 1.165) is 17.0 Å². The van der Waals surface area contributed by atoms with Crippen molar-refractivity contribution < 1.29 is 4.79 Å². The predicted octanol–water partition coefficient (Wildman–Crippen LogP) is 4.02. The second kappa shape index (κ2) is 4.55. The maximum atomic E-state index is 12.3. The largest absolute Gasteiger partial charge is 0.341 e. The molecule has 20 heavy (non-hydrogen) atoms. The molecule has 0 amide bonds. The van der Waals surface area contributed by atoms with Crippen LogP contribution in [0.1, 0.15) is 59.2 Å². The second-order valence-electron chi connectivity index (χ2n) is 6.51. The van der Waals surface area contributed by atoms with E-state index in [1.807, 2.05) is 18.5 Å². The molecule has 0 saturated carbocycles. The van der Waals surface area contributed by atoms with Crippen LogP contribution in [-0.4, -0.2) is 15.3 Å². The third-order valence-corrected chi connectivity index (χ3v) is 5.11. The van der Waals surface area contributed by atoms with Gasteiger partial charge in [-0.2, -0.15) is 0 Å². The van der Waals surface area contributed by atoms with Gasteiger partial charge in [-0.25, -0.2) is 4.98 Å². The lowest BCUT2D eigenvalue weighted by atomic mass is 9.76. The summed E-state index contributed by atoms with van der Waals surface area (Å²) in [4.78, 5) is 18.0. The van der Waals surface area contributed by atoms with Crippen molar-refractivity contribution in [2.24, 2.45) is 5.41 Å². The first kappa shape index (κ1) is 13.6. The topological polar surface area (TPSA) is 34.9 Å². The van der Waals surface area contributed by atoms with Crippen LogP contribution < -0.4 is 0 Å². The third kappa shape index (κ3) is 2.22. The van der Waals surface area contributed by atoms with E-state index in [0.29, 0.717) is 6.42 Å². The number of hydrogen-bond acceptors (Lipinski definition) is 3. The Morgan fingerprint density at radius 3 is 2.80 bits per heavy atom. The SMILES string of the molecule is Cc1cnc(C(C)n2ccc3c2CC(C)(C)CC3=O)s1. The molecule has 0 aromatic carbocycles. The van der Waals surface area contributed by atoms with E-state index in [9.17, 15) is 4.79 Å². The molecule has 1 atom stereocenters. The summed E-state index contributed by atoms with van der Waals surface area (Å²) in [5, 5.41) is 1.11. The highest BCUT2D eigenvalue weighted by Crippen LogP contribution is 2.37. The van der Waals surface area contributed by atoms with Crippen LogP contribution in [0.2, 0.25) is 0 Å². The van der Waals surface area contributed by atoms with Gasteiger partial charge >= 0.3 is 0 Å². The van der Waals surface area contributed by atoms with E-state index in [4.69, 9.17) is 0 Å². The van der Waals surface area contributed by atoms with Crippen LogP contribution in [0.15, 0.2) is 18.5 Å². The van der Waals surface area contributed by atoms with Crippen LogP contribution >= 0.6 is 11.3 Å². The van der Waals surface area contributed by atoms with E-state index >= 15 is 0 Å². The summed E-state index contributed by atoms with van der Waals surface area (Å²) in [5.74, 6) is 0.275. The Labute approximate surface area is 123 Å². The maximum Gasteiger partial charge on any atom is 0.165 e. The average molecular weight is 288 g/mol. The molecule has 2 aromatic rings. The number of carbonyl (C=O) groups is 1. The fourth-order valence-electron chi connectivity index (χ4n) is 3.01. The maximum absolute atomic E-state index is 12.3. The second-order valence-corrected chi connectivity index (χ2v) is 7.78. The lowest BCUT2D eigenvalue weighted by molar-refractivity contribution is 0.0909. The molecule has 2 heterocycles. The van der Waals surface area contributed by atoms with Gasteiger partial charge < -0.3 is 4.57 Å². The number of hydrogen-bond donors (Lipinski definition) is 0. The summed E-state index contributed by atoms with van der Waals surface area (Å²) in [7, 11) is 0. The normalized spacial score (nSPS) is 18.9. The monoisotopic (exact) mass is 288 g/mol. The zero-order chi connectivity index (χ0) is 14.5. The summed E-state index contributed by atoms with van der Waals surface area (Å²) >= 11 is 1.73. The fraction of sp³-hybridized carbons (Fsp3) is 0.500. The Balaban J connectivity index is 2.02. The van der Waals surface area contributed by atoms with Crippen LogP contribution in [0.25, 0.3) is 0 Å². The molecule has 1 aliphatic rings. The van der Waals surface area contributed by atoms with E-state index in [1.165, 1.54) is 10.6 Å². The summed E-state index contributed by atoms with van der Waals surface area (Å²) < 4.78 is 2.23. The Kier molecular flexibility index (Phi) is 3.09. The number of Topliss-reactive ketones (excluding diaryl/α,β-unsaturated/α-hetero) is 1. The Bertz CT molecular complexity index is 666. The van der Waals surface area contributed by atoms with Gasteiger partial charge in [-0.1, -0.05) is 13.8 Å². The van der Waals surface area contributed by atoms with Gasteiger partial charge in [0, 0.05) is 34.9 Å².